The Hall–Kier alpha value is -1.89. The van der Waals surface area contributed by atoms with E-state index in [-0.39, 0.29) is 0 Å². The number of Topliss-reactive ketones (excluding diaryl/α,β-unsaturated/α-hetero) is 1. The lowest BCUT2D eigenvalue weighted by Gasteiger charge is -2.08. The van der Waals surface area contributed by atoms with Crippen LogP contribution in [0.3, 0.4) is 0 Å². The van der Waals surface area contributed by atoms with Crippen molar-refractivity contribution < 1.29 is 4.79 Å². The van der Waals surface area contributed by atoms with Crippen molar-refractivity contribution in [2.24, 2.45) is 0 Å². The lowest BCUT2D eigenvalue weighted by atomic mass is 9.95. The van der Waals surface area contributed by atoms with E-state index >= 15 is 0 Å². The SMILES string of the molecule is Cc1ccc(-c2ccc3c(c2)C(=O)CCCC3)cc1. The maximum absolute atomic E-state index is 12.1. The van der Waals surface area contributed by atoms with Crippen molar-refractivity contribution >= 4 is 5.78 Å². The number of hydrogen-bond donors (Lipinski definition) is 0. The van der Waals surface area contributed by atoms with Crippen LogP contribution in [0.2, 0.25) is 0 Å². The molecule has 96 valence electrons. The monoisotopic (exact) mass is 250 g/mol. The molecule has 1 aliphatic carbocycles. The predicted molar refractivity (Wildman–Crippen MR) is 78.5 cm³/mol. The highest BCUT2D eigenvalue weighted by molar-refractivity contribution is 5.99. The number of carbonyl (C=O) groups is 1. The molecule has 2 aromatic rings. The molecule has 0 radical (unpaired) electrons. The Morgan fingerprint density at radius 3 is 2.32 bits per heavy atom. The highest BCUT2D eigenvalue weighted by atomic mass is 16.1. The topological polar surface area (TPSA) is 17.1 Å². The van der Waals surface area contributed by atoms with Crippen LogP contribution in [0.15, 0.2) is 42.5 Å². The Balaban J connectivity index is 2.05. The molecular formula is C18H18O. The highest BCUT2D eigenvalue weighted by Crippen LogP contribution is 2.27. The van der Waals surface area contributed by atoms with E-state index in [1.165, 1.54) is 16.7 Å². The fourth-order valence-corrected chi connectivity index (χ4v) is 2.72. The van der Waals surface area contributed by atoms with Gasteiger partial charge in [0, 0.05) is 12.0 Å². The summed E-state index contributed by atoms with van der Waals surface area (Å²) < 4.78 is 0. The van der Waals surface area contributed by atoms with Gasteiger partial charge in [-0.1, -0.05) is 42.0 Å². The summed E-state index contributed by atoms with van der Waals surface area (Å²) in [5.74, 6) is 0.307. The summed E-state index contributed by atoms with van der Waals surface area (Å²) in [5.41, 5.74) is 5.75. The zero-order chi connectivity index (χ0) is 13.2. The van der Waals surface area contributed by atoms with Gasteiger partial charge >= 0.3 is 0 Å². The molecule has 2 aromatic carbocycles. The first kappa shape index (κ1) is 12.2. The fraction of sp³-hybridized carbons (Fsp3) is 0.278. The Kier molecular flexibility index (Phi) is 3.20. The summed E-state index contributed by atoms with van der Waals surface area (Å²) in [6.45, 7) is 2.09. The van der Waals surface area contributed by atoms with Crippen molar-refractivity contribution in [2.75, 3.05) is 0 Å². The van der Waals surface area contributed by atoms with Crippen LogP contribution in [0.4, 0.5) is 0 Å². The van der Waals surface area contributed by atoms with Gasteiger partial charge in [0.15, 0.2) is 5.78 Å². The Morgan fingerprint density at radius 2 is 1.53 bits per heavy atom. The predicted octanol–water partition coefficient (Wildman–Crippen LogP) is 4.57. The minimum absolute atomic E-state index is 0.307. The van der Waals surface area contributed by atoms with E-state index in [0.717, 1.165) is 30.4 Å². The van der Waals surface area contributed by atoms with Crippen LogP contribution in [0.25, 0.3) is 11.1 Å². The lowest BCUT2D eigenvalue weighted by Crippen LogP contribution is -2.00. The molecule has 0 aliphatic heterocycles. The molecule has 1 nitrogen and oxygen atoms in total. The van der Waals surface area contributed by atoms with E-state index in [4.69, 9.17) is 0 Å². The molecule has 0 bridgehead atoms. The summed E-state index contributed by atoms with van der Waals surface area (Å²) >= 11 is 0. The van der Waals surface area contributed by atoms with Gasteiger partial charge in [-0.05, 0) is 48.9 Å². The maximum Gasteiger partial charge on any atom is 0.163 e. The van der Waals surface area contributed by atoms with Crippen molar-refractivity contribution in [3.63, 3.8) is 0 Å². The summed E-state index contributed by atoms with van der Waals surface area (Å²) in [7, 11) is 0. The van der Waals surface area contributed by atoms with Gasteiger partial charge in [0.1, 0.15) is 0 Å². The number of ketones is 1. The molecule has 0 unspecified atom stereocenters. The number of benzene rings is 2. The van der Waals surface area contributed by atoms with Gasteiger partial charge in [-0.15, -0.1) is 0 Å². The molecule has 1 heteroatoms. The van der Waals surface area contributed by atoms with Crippen LogP contribution in [0.5, 0.6) is 0 Å². The second kappa shape index (κ2) is 5.00. The molecular weight excluding hydrogens is 232 g/mol. The van der Waals surface area contributed by atoms with Crippen molar-refractivity contribution in [3.05, 3.63) is 59.2 Å². The molecule has 0 atom stereocenters. The molecule has 0 saturated carbocycles. The molecule has 0 amide bonds. The van der Waals surface area contributed by atoms with Gasteiger partial charge in [0.05, 0.1) is 0 Å². The van der Waals surface area contributed by atoms with Gasteiger partial charge in [-0.3, -0.25) is 4.79 Å². The third-order valence-corrected chi connectivity index (χ3v) is 3.90. The zero-order valence-electron chi connectivity index (χ0n) is 11.3. The van der Waals surface area contributed by atoms with Crippen molar-refractivity contribution in [1.29, 1.82) is 0 Å². The molecule has 0 saturated heterocycles. The lowest BCUT2D eigenvalue weighted by molar-refractivity contribution is 0.0982. The van der Waals surface area contributed by atoms with Crippen LogP contribution < -0.4 is 0 Å². The van der Waals surface area contributed by atoms with Crippen LogP contribution in [-0.4, -0.2) is 5.78 Å². The Morgan fingerprint density at radius 1 is 0.842 bits per heavy atom. The van der Waals surface area contributed by atoms with E-state index < -0.39 is 0 Å². The largest absolute Gasteiger partial charge is 0.294 e. The first-order valence-electron chi connectivity index (χ1n) is 6.97. The fourth-order valence-electron chi connectivity index (χ4n) is 2.72. The van der Waals surface area contributed by atoms with Gasteiger partial charge in [0.2, 0.25) is 0 Å². The van der Waals surface area contributed by atoms with Gasteiger partial charge in [0.25, 0.3) is 0 Å². The average Bonchev–Trinajstić information content (AvgIpc) is 2.62. The summed E-state index contributed by atoms with van der Waals surface area (Å²) in [5, 5.41) is 0. The first-order chi connectivity index (χ1) is 9.24. The molecule has 0 heterocycles. The Bertz CT molecular complexity index is 608. The number of rotatable bonds is 1. The van der Waals surface area contributed by atoms with E-state index in [1.54, 1.807) is 0 Å². The molecule has 0 fully saturated rings. The standard InChI is InChI=1S/C18H18O/c1-13-6-8-14(9-7-13)16-11-10-15-4-2-3-5-18(19)17(15)12-16/h6-12H,2-5H2,1H3. The smallest absolute Gasteiger partial charge is 0.163 e. The molecule has 1 aliphatic rings. The number of aryl methyl sites for hydroxylation is 2. The number of hydrogen-bond acceptors (Lipinski definition) is 1. The zero-order valence-corrected chi connectivity index (χ0v) is 11.3. The quantitative estimate of drug-likeness (QED) is 0.677. The van der Waals surface area contributed by atoms with Gasteiger partial charge in [-0.2, -0.15) is 0 Å². The van der Waals surface area contributed by atoms with E-state index in [2.05, 4.69) is 49.4 Å². The normalized spacial score (nSPS) is 14.9. The third-order valence-electron chi connectivity index (χ3n) is 3.90. The Labute approximate surface area is 114 Å². The van der Waals surface area contributed by atoms with Crippen molar-refractivity contribution in [1.82, 2.24) is 0 Å². The second-order valence-electron chi connectivity index (χ2n) is 5.37. The molecule has 0 N–H and O–H groups in total. The van der Waals surface area contributed by atoms with Crippen molar-refractivity contribution in [3.8, 4) is 11.1 Å². The van der Waals surface area contributed by atoms with E-state index in [9.17, 15) is 4.79 Å². The van der Waals surface area contributed by atoms with Crippen LogP contribution in [0.1, 0.15) is 40.7 Å². The molecule has 3 rings (SSSR count). The first-order valence-corrected chi connectivity index (χ1v) is 6.97. The van der Waals surface area contributed by atoms with Crippen LogP contribution in [0, 0.1) is 6.92 Å². The summed E-state index contributed by atoms with van der Waals surface area (Å²) in [4.78, 5) is 12.1. The molecule has 19 heavy (non-hydrogen) atoms. The average molecular weight is 250 g/mol. The highest BCUT2D eigenvalue weighted by Gasteiger charge is 2.15. The van der Waals surface area contributed by atoms with E-state index in [1.807, 2.05) is 0 Å². The van der Waals surface area contributed by atoms with Crippen molar-refractivity contribution in [2.45, 2.75) is 32.6 Å². The van der Waals surface area contributed by atoms with E-state index in [0.29, 0.717) is 12.2 Å². The van der Waals surface area contributed by atoms with Crippen LogP contribution >= 0.6 is 0 Å². The maximum atomic E-state index is 12.1. The minimum Gasteiger partial charge on any atom is -0.294 e. The third kappa shape index (κ3) is 2.46. The molecule has 0 aromatic heterocycles. The van der Waals surface area contributed by atoms with Gasteiger partial charge < -0.3 is 0 Å². The minimum atomic E-state index is 0.307. The number of carbonyl (C=O) groups excluding carboxylic acids is 1. The number of fused-ring (bicyclic) bond motifs is 1. The summed E-state index contributed by atoms with van der Waals surface area (Å²) in [6.07, 6.45) is 3.88. The summed E-state index contributed by atoms with van der Waals surface area (Å²) in [6, 6.07) is 14.8. The van der Waals surface area contributed by atoms with Gasteiger partial charge in [-0.25, -0.2) is 0 Å². The van der Waals surface area contributed by atoms with Crippen LogP contribution in [-0.2, 0) is 6.42 Å². The second-order valence-corrected chi connectivity index (χ2v) is 5.37. The molecule has 0 spiro atoms.